The first-order valence-electron chi connectivity index (χ1n) is 7.02. The lowest BCUT2D eigenvalue weighted by Crippen LogP contribution is -2.56. The van der Waals surface area contributed by atoms with Crippen LogP contribution in [0.1, 0.15) is 40.5 Å². The van der Waals surface area contributed by atoms with Gasteiger partial charge in [0.1, 0.15) is 0 Å². The summed E-state index contributed by atoms with van der Waals surface area (Å²) in [5, 5.41) is 3.04. The van der Waals surface area contributed by atoms with Gasteiger partial charge in [-0.15, -0.1) is 0 Å². The Balaban J connectivity index is 2.61. The van der Waals surface area contributed by atoms with Crippen molar-refractivity contribution < 1.29 is 4.79 Å². The molecule has 1 atom stereocenters. The lowest BCUT2D eigenvalue weighted by molar-refractivity contribution is -0.127. The van der Waals surface area contributed by atoms with Crippen molar-refractivity contribution in [3.63, 3.8) is 0 Å². The van der Waals surface area contributed by atoms with Crippen molar-refractivity contribution in [2.24, 2.45) is 5.73 Å². The average Bonchev–Trinajstić information content (AvgIpc) is 2.35. The number of nitrogens with two attached hydrogens (primary N) is 1. The molecular weight excluding hydrogens is 290 g/mol. The van der Waals surface area contributed by atoms with Gasteiger partial charge in [0.2, 0.25) is 5.91 Å². The fourth-order valence-corrected chi connectivity index (χ4v) is 3.71. The second kappa shape index (κ2) is 6.62. The van der Waals surface area contributed by atoms with E-state index in [4.69, 9.17) is 18.0 Å². The topological polar surface area (TPSA) is 58.4 Å². The number of thioether (sulfide) groups is 1. The molecule has 20 heavy (non-hydrogen) atoms. The summed E-state index contributed by atoms with van der Waals surface area (Å²) in [6.07, 6.45) is 3.89. The third kappa shape index (κ3) is 4.33. The van der Waals surface area contributed by atoms with Crippen molar-refractivity contribution in [1.82, 2.24) is 10.2 Å². The number of hydrogen-bond donors (Lipinski definition) is 2. The first kappa shape index (κ1) is 17.7. The molecule has 116 valence electrons. The molecule has 0 aliphatic carbocycles. The number of carbonyl (C=O) groups excluding carboxylic acids is 1. The number of amides is 1. The fraction of sp³-hybridized carbons (Fsp3) is 0.857. The Bertz CT molecular complexity index is 371. The molecule has 1 aliphatic heterocycles. The molecule has 0 bridgehead atoms. The van der Waals surface area contributed by atoms with Crippen LogP contribution in [0.25, 0.3) is 0 Å². The quantitative estimate of drug-likeness (QED) is 0.774. The summed E-state index contributed by atoms with van der Waals surface area (Å²) in [6, 6.07) is -0.111. The van der Waals surface area contributed by atoms with Crippen LogP contribution in [0, 0.1) is 0 Å². The number of piperidine rings is 1. The molecule has 0 aromatic carbocycles. The molecule has 6 heteroatoms. The molecule has 1 rings (SSSR count). The third-order valence-electron chi connectivity index (χ3n) is 3.87. The first-order valence-corrected chi connectivity index (χ1v) is 8.66. The number of thiocarbonyl (C=S) groups is 1. The highest BCUT2D eigenvalue weighted by Crippen LogP contribution is 2.35. The minimum absolute atomic E-state index is 0.0875. The highest BCUT2D eigenvalue weighted by Gasteiger charge is 2.38. The zero-order valence-electron chi connectivity index (χ0n) is 13.2. The number of nitrogens with one attached hydrogen (secondary N) is 1. The Morgan fingerprint density at radius 1 is 1.40 bits per heavy atom. The Morgan fingerprint density at radius 2 is 1.90 bits per heavy atom. The molecule has 0 saturated carbocycles. The number of rotatable bonds is 4. The number of hydrogen-bond acceptors (Lipinski definition) is 4. The summed E-state index contributed by atoms with van der Waals surface area (Å²) < 4.78 is -0.0912. The van der Waals surface area contributed by atoms with Crippen LogP contribution in [0.4, 0.5) is 0 Å². The number of nitrogens with zero attached hydrogens (tertiary/aromatic N) is 1. The van der Waals surface area contributed by atoms with Gasteiger partial charge in [0.05, 0.1) is 15.8 Å². The molecule has 1 aliphatic rings. The van der Waals surface area contributed by atoms with Gasteiger partial charge in [0.15, 0.2) is 0 Å². The molecule has 0 aromatic heterocycles. The minimum atomic E-state index is -0.191. The van der Waals surface area contributed by atoms with Crippen molar-refractivity contribution >= 4 is 34.9 Å². The van der Waals surface area contributed by atoms with E-state index in [2.05, 4.69) is 16.5 Å². The molecule has 0 radical (unpaired) electrons. The zero-order valence-corrected chi connectivity index (χ0v) is 14.8. The van der Waals surface area contributed by atoms with Crippen molar-refractivity contribution in [3.8, 4) is 0 Å². The van der Waals surface area contributed by atoms with Crippen molar-refractivity contribution in [3.05, 3.63) is 0 Å². The SMILES string of the molecule is CSC1(C(N)=S)CCN(C(C)C(=O)NC(C)(C)C)CC1. The van der Waals surface area contributed by atoms with E-state index in [1.807, 2.05) is 27.7 Å². The lowest BCUT2D eigenvalue weighted by atomic mass is 9.94. The largest absolute Gasteiger partial charge is 0.392 e. The van der Waals surface area contributed by atoms with E-state index >= 15 is 0 Å². The molecule has 3 N–H and O–H groups in total. The van der Waals surface area contributed by atoms with Gasteiger partial charge in [0, 0.05) is 18.6 Å². The molecule has 1 unspecified atom stereocenters. The predicted octanol–water partition coefficient (Wildman–Crippen LogP) is 1.77. The molecule has 0 aromatic rings. The highest BCUT2D eigenvalue weighted by atomic mass is 32.2. The minimum Gasteiger partial charge on any atom is -0.392 e. The van der Waals surface area contributed by atoms with E-state index in [-0.39, 0.29) is 22.2 Å². The van der Waals surface area contributed by atoms with Crippen LogP contribution in [-0.2, 0) is 4.79 Å². The average molecular weight is 318 g/mol. The van der Waals surface area contributed by atoms with Crippen molar-refractivity contribution in [2.45, 2.75) is 56.9 Å². The van der Waals surface area contributed by atoms with Crippen LogP contribution in [0.2, 0.25) is 0 Å². The molecule has 0 spiro atoms. The van der Waals surface area contributed by atoms with Gasteiger partial charge in [-0.1, -0.05) is 12.2 Å². The summed E-state index contributed by atoms with van der Waals surface area (Å²) in [5.74, 6) is 0.0875. The lowest BCUT2D eigenvalue weighted by Gasteiger charge is -2.42. The highest BCUT2D eigenvalue weighted by molar-refractivity contribution is 8.02. The van der Waals surface area contributed by atoms with E-state index in [9.17, 15) is 4.79 Å². The standard InChI is InChI=1S/C14H27N3OS2/c1-10(11(18)16-13(2,3)4)17-8-6-14(20-5,7-9-17)12(15)19/h10H,6-9H2,1-5H3,(H2,15,19)(H,16,18). The second-order valence-electron chi connectivity index (χ2n) is 6.51. The van der Waals surface area contributed by atoms with Gasteiger partial charge in [0.25, 0.3) is 0 Å². The predicted molar refractivity (Wildman–Crippen MR) is 91.2 cm³/mol. The second-order valence-corrected chi connectivity index (χ2v) is 8.14. The summed E-state index contributed by atoms with van der Waals surface area (Å²) in [5.41, 5.74) is 5.70. The van der Waals surface area contributed by atoms with Crippen molar-refractivity contribution in [1.29, 1.82) is 0 Å². The monoisotopic (exact) mass is 317 g/mol. The van der Waals surface area contributed by atoms with E-state index in [0.717, 1.165) is 25.9 Å². The Kier molecular flexibility index (Phi) is 5.87. The maximum absolute atomic E-state index is 12.2. The van der Waals surface area contributed by atoms with Crippen LogP contribution in [-0.4, -0.2) is 51.5 Å². The van der Waals surface area contributed by atoms with Crippen LogP contribution in [0.15, 0.2) is 0 Å². The number of carbonyl (C=O) groups is 1. The zero-order chi connectivity index (χ0) is 15.6. The fourth-order valence-electron chi connectivity index (χ4n) is 2.46. The van der Waals surface area contributed by atoms with E-state index in [1.54, 1.807) is 11.8 Å². The molecule has 1 saturated heterocycles. The molecule has 4 nitrogen and oxygen atoms in total. The third-order valence-corrected chi connectivity index (χ3v) is 5.80. The van der Waals surface area contributed by atoms with Gasteiger partial charge in [-0.05, 0) is 46.8 Å². The van der Waals surface area contributed by atoms with Crippen molar-refractivity contribution in [2.75, 3.05) is 19.3 Å². The Labute approximate surface area is 132 Å². The van der Waals surface area contributed by atoms with Gasteiger partial charge >= 0.3 is 0 Å². The van der Waals surface area contributed by atoms with Gasteiger partial charge in [-0.25, -0.2) is 0 Å². The van der Waals surface area contributed by atoms with Crippen LogP contribution < -0.4 is 11.1 Å². The maximum Gasteiger partial charge on any atom is 0.237 e. The smallest absolute Gasteiger partial charge is 0.237 e. The maximum atomic E-state index is 12.2. The van der Waals surface area contributed by atoms with Gasteiger partial charge in [-0.2, -0.15) is 11.8 Å². The van der Waals surface area contributed by atoms with E-state index in [0.29, 0.717) is 4.99 Å². The van der Waals surface area contributed by atoms with Crippen LogP contribution in [0.3, 0.4) is 0 Å². The molecular formula is C14H27N3OS2. The Hall–Kier alpha value is -0.330. The van der Waals surface area contributed by atoms with Crippen LogP contribution in [0.5, 0.6) is 0 Å². The summed E-state index contributed by atoms with van der Waals surface area (Å²) in [4.78, 5) is 15.0. The van der Waals surface area contributed by atoms with Gasteiger partial charge < -0.3 is 11.1 Å². The van der Waals surface area contributed by atoms with E-state index < -0.39 is 0 Å². The molecule has 1 fully saturated rings. The van der Waals surface area contributed by atoms with E-state index in [1.165, 1.54) is 0 Å². The molecule has 1 amide bonds. The number of likely N-dealkylation sites (tertiary alicyclic amines) is 1. The Morgan fingerprint density at radius 3 is 2.25 bits per heavy atom. The normalized spacial score (nSPS) is 21.2. The van der Waals surface area contributed by atoms with Crippen LogP contribution >= 0.6 is 24.0 Å². The summed E-state index contributed by atoms with van der Waals surface area (Å²) >= 11 is 6.95. The first-order chi connectivity index (χ1) is 9.11. The van der Waals surface area contributed by atoms with Gasteiger partial charge in [-0.3, -0.25) is 9.69 Å². The summed E-state index contributed by atoms with van der Waals surface area (Å²) in [6.45, 7) is 9.68. The summed E-state index contributed by atoms with van der Waals surface area (Å²) in [7, 11) is 0. The molecule has 1 heterocycles.